The Labute approximate surface area is 168 Å². The number of oxime groups is 1. The van der Waals surface area contributed by atoms with Crippen molar-refractivity contribution in [1.82, 2.24) is 14.7 Å². The van der Waals surface area contributed by atoms with Gasteiger partial charge in [0.05, 0.1) is 17.3 Å². The number of aryl methyl sites for hydroxylation is 1. The Balaban J connectivity index is 1.36. The van der Waals surface area contributed by atoms with Crippen LogP contribution in [0.1, 0.15) is 36.8 Å². The molecule has 29 heavy (non-hydrogen) atoms. The van der Waals surface area contributed by atoms with Crippen molar-refractivity contribution >= 4 is 11.7 Å². The first-order valence-electron chi connectivity index (χ1n) is 9.85. The molecule has 8 heteroatoms. The zero-order valence-corrected chi connectivity index (χ0v) is 16.4. The molecule has 7 nitrogen and oxygen atoms in total. The van der Waals surface area contributed by atoms with Crippen LogP contribution in [0.4, 0.5) is 4.39 Å². The molecular formula is C21H25FN4O3. The van der Waals surface area contributed by atoms with E-state index in [0.717, 1.165) is 12.1 Å². The fraction of sp³-hybridized carbons (Fsp3) is 0.476. The van der Waals surface area contributed by atoms with Gasteiger partial charge >= 0.3 is 5.97 Å². The van der Waals surface area contributed by atoms with Crippen molar-refractivity contribution in [2.45, 2.75) is 38.3 Å². The summed E-state index contributed by atoms with van der Waals surface area (Å²) in [5, 5.41) is 18.3. The highest BCUT2D eigenvalue weighted by Crippen LogP contribution is 2.39. The highest BCUT2D eigenvalue weighted by atomic mass is 19.1. The Hall–Kier alpha value is -2.74. The topological polar surface area (TPSA) is 80.0 Å². The minimum Gasteiger partial charge on any atom is -0.481 e. The molecule has 0 amide bonds. The second-order valence-electron chi connectivity index (χ2n) is 8.07. The minimum absolute atomic E-state index is 0.297. The van der Waals surface area contributed by atoms with E-state index in [-0.39, 0.29) is 11.9 Å². The predicted octanol–water partition coefficient (Wildman–Crippen LogP) is 2.81. The molecule has 2 aliphatic rings. The lowest BCUT2D eigenvalue weighted by molar-refractivity contribution is -0.155. The van der Waals surface area contributed by atoms with Crippen LogP contribution in [-0.4, -0.2) is 50.7 Å². The van der Waals surface area contributed by atoms with Crippen LogP contribution in [0.15, 0.2) is 41.8 Å². The van der Waals surface area contributed by atoms with Gasteiger partial charge in [0.25, 0.3) is 0 Å². The van der Waals surface area contributed by atoms with Gasteiger partial charge in [-0.15, -0.1) is 0 Å². The van der Waals surface area contributed by atoms with Gasteiger partial charge in [-0.2, -0.15) is 5.10 Å². The maximum absolute atomic E-state index is 13.5. The van der Waals surface area contributed by atoms with E-state index in [4.69, 9.17) is 4.84 Å². The zero-order valence-electron chi connectivity index (χ0n) is 16.4. The van der Waals surface area contributed by atoms with Crippen molar-refractivity contribution in [2.24, 2.45) is 17.6 Å². The summed E-state index contributed by atoms with van der Waals surface area (Å²) >= 11 is 0. The smallest absolute Gasteiger partial charge is 0.309 e. The summed E-state index contributed by atoms with van der Waals surface area (Å²) in [6.07, 6.45) is 5.57. The van der Waals surface area contributed by atoms with E-state index in [2.05, 4.69) is 15.2 Å². The summed E-state index contributed by atoms with van der Waals surface area (Å²) in [7, 11) is 1.89. The average molecular weight is 400 g/mol. The summed E-state index contributed by atoms with van der Waals surface area (Å²) < 4.78 is 15.2. The number of rotatable bonds is 6. The SMILES string of the molecule is Cn1cc(CN2CCC(CC3CC(c4cccc(F)c4)=NO3)(C(=O)O)CC2)cn1. The number of hydrogen-bond donors (Lipinski definition) is 1. The molecule has 1 aromatic heterocycles. The van der Waals surface area contributed by atoms with Crippen LogP contribution in [0.5, 0.6) is 0 Å². The average Bonchev–Trinajstić information content (AvgIpc) is 3.32. The molecule has 0 aliphatic carbocycles. The number of piperidine rings is 1. The van der Waals surface area contributed by atoms with Crippen LogP contribution < -0.4 is 0 Å². The lowest BCUT2D eigenvalue weighted by Gasteiger charge is -2.39. The Morgan fingerprint density at radius 3 is 2.83 bits per heavy atom. The third kappa shape index (κ3) is 4.32. The number of carboxylic acids is 1. The molecule has 1 fully saturated rings. The number of likely N-dealkylation sites (tertiary alicyclic amines) is 1. The van der Waals surface area contributed by atoms with Gasteiger partial charge < -0.3 is 9.94 Å². The Morgan fingerprint density at radius 2 is 2.17 bits per heavy atom. The first kappa shape index (κ1) is 19.6. The fourth-order valence-electron chi connectivity index (χ4n) is 4.27. The monoisotopic (exact) mass is 400 g/mol. The van der Waals surface area contributed by atoms with Crippen LogP contribution in [0.3, 0.4) is 0 Å². The van der Waals surface area contributed by atoms with Gasteiger partial charge in [-0.25, -0.2) is 4.39 Å². The molecule has 2 aromatic rings. The van der Waals surface area contributed by atoms with Gasteiger partial charge in [0.1, 0.15) is 11.9 Å². The largest absolute Gasteiger partial charge is 0.481 e. The molecule has 0 bridgehead atoms. The number of nitrogens with zero attached hydrogens (tertiary/aromatic N) is 4. The Morgan fingerprint density at radius 1 is 1.38 bits per heavy atom. The molecule has 1 saturated heterocycles. The van der Waals surface area contributed by atoms with Crippen LogP contribution in [0.2, 0.25) is 0 Å². The third-order valence-electron chi connectivity index (χ3n) is 5.94. The van der Waals surface area contributed by atoms with E-state index < -0.39 is 11.4 Å². The van der Waals surface area contributed by atoms with Gasteiger partial charge in [-0.1, -0.05) is 17.3 Å². The van der Waals surface area contributed by atoms with Crippen molar-refractivity contribution < 1.29 is 19.1 Å². The molecule has 1 atom stereocenters. The summed E-state index contributed by atoms with van der Waals surface area (Å²) in [6, 6.07) is 6.24. The lowest BCUT2D eigenvalue weighted by Crippen LogP contribution is -2.45. The third-order valence-corrected chi connectivity index (χ3v) is 5.94. The number of aliphatic carboxylic acids is 1. The maximum Gasteiger partial charge on any atom is 0.309 e. The fourth-order valence-corrected chi connectivity index (χ4v) is 4.27. The molecule has 2 aliphatic heterocycles. The molecule has 4 rings (SSSR count). The van der Waals surface area contributed by atoms with E-state index in [1.807, 2.05) is 19.4 Å². The summed E-state index contributed by atoms with van der Waals surface area (Å²) in [4.78, 5) is 20.0. The molecule has 0 radical (unpaired) electrons. The number of halogens is 1. The second kappa shape index (κ2) is 7.94. The van der Waals surface area contributed by atoms with Crippen LogP contribution in [0.25, 0.3) is 0 Å². The van der Waals surface area contributed by atoms with Crippen molar-refractivity contribution in [3.63, 3.8) is 0 Å². The molecule has 1 N–H and O–H groups in total. The van der Waals surface area contributed by atoms with Gasteiger partial charge in [0, 0.05) is 43.8 Å². The standard InChI is InChI=1S/C21H25FN4O3/c1-25-13-15(12-23-25)14-26-7-5-21(6-8-26,20(27)28)11-18-10-19(24-29-18)16-3-2-4-17(22)9-16/h2-4,9,12-13,18H,5-8,10-11,14H2,1H3,(H,27,28). The summed E-state index contributed by atoms with van der Waals surface area (Å²) in [5.74, 6) is -1.10. The van der Waals surface area contributed by atoms with Crippen LogP contribution in [-0.2, 0) is 23.2 Å². The van der Waals surface area contributed by atoms with Crippen molar-refractivity contribution in [1.29, 1.82) is 0 Å². The van der Waals surface area contributed by atoms with Gasteiger partial charge in [0.15, 0.2) is 0 Å². The van der Waals surface area contributed by atoms with E-state index in [1.165, 1.54) is 12.1 Å². The summed E-state index contributed by atoms with van der Waals surface area (Å²) in [6.45, 7) is 2.20. The number of carboxylic acid groups (broad SMARTS) is 1. The van der Waals surface area contributed by atoms with Crippen LogP contribution >= 0.6 is 0 Å². The summed E-state index contributed by atoms with van der Waals surface area (Å²) in [5.41, 5.74) is 1.66. The molecule has 0 spiro atoms. The van der Waals surface area contributed by atoms with Gasteiger partial charge in [0.2, 0.25) is 0 Å². The first-order valence-corrected chi connectivity index (χ1v) is 9.85. The molecular weight excluding hydrogens is 375 g/mol. The Bertz CT molecular complexity index is 918. The van der Waals surface area contributed by atoms with Gasteiger partial charge in [-0.3, -0.25) is 14.4 Å². The lowest BCUT2D eigenvalue weighted by atomic mass is 9.73. The molecule has 154 valence electrons. The quantitative estimate of drug-likeness (QED) is 0.807. The first-order chi connectivity index (χ1) is 13.9. The van der Waals surface area contributed by atoms with E-state index in [1.54, 1.807) is 16.8 Å². The highest BCUT2D eigenvalue weighted by molar-refractivity contribution is 6.01. The van der Waals surface area contributed by atoms with Crippen molar-refractivity contribution in [3.05, 3.63) is 53.6 Å². The second-order valence-corrected chi connectivity index (χ2v) is 8.07. The minimum atomic E-state index is -0.816. The van der Waals surface area contributed by atoms with Gasteiger partial charge in [-0.05, 0) is 38.1 Å². The number of hydrogen-bond acceptors (Lipinski definition) is 5. The predicted molar refractivity (Wildman–Crippen MR) is 105 cm³/mol. The highest BCUT2D eigenvalue weighted by Gasteiger charge is 2.44. The number of carbonyl (C=O) groups is 1. The van der Waals surface area contributed by atoms with E-state index in [9.17, 15) is 14.3 Å². The van der Waals surface area contributed by atoms with E-state index >= 15 is 0 Å². The molecule has 1 unspecified atom stereocenters. The van der Waals surface area contributed by atoms with Crippen LogP contribution in [0, 0.1) is 11.2 Å². The molecule has 1 aromatic carbocycles. The Kier molecular flexibility index (Phi) is 5.36. The zero-order chi connectivity index (χ0) is 20.4. The normalized spacial score (nSPS) is 21.6. The van der Waals surface area contributed by atoms with Crippen molar-refractivity contribution in [3.8, 4) is 0 Å². The number of aromatic nitrogens is 2. The van der Waals surface area contributed by atoms with E-state index in [0.29, 0.717) is 50.0 Å². The number of benzene rings is 1. The molecule has 0 saturated carbocycles. The molecule has 3 heterocycles. The van der Waals surface area contributed by atoms with Crippen molar-refractivity contribution in [2.75, 3.05) is 13.1 Å². The maximum atomic E-state index is 13.5.